The number of rotatable bonds is 1. The number of nitrogens with one attached hydrogen (secondary N) is 1. The second-order valence-corrected chi connectivity index (χ2v) is 2.39. The monoisotopic (exact) mass is 159 g/mol. The number of carbonyl (C=O) groups is 1. The zero-order valence-electron chi connectivity index (χ0n) is 5.31. The van der Waals surface area contributed by atoms with E-state index in [0.29, 0.717) is 0 Å². The normalized spacial score (nSPS) is 9.80. The Labute approximate surface area is 62.6 Å². The highest BCUT2D eigenvalue weighted by molar-refractivity contribution is 6.33. The third-order valence-corrected chi connectivity index (χ3v) is 1.42. The van der Waals surface area contributed by atoms with E-state index in [9.17, 15) is 4.79 Å². The Balaban J connectivity index is 3.15. The number of aromatic nitrogens is 1. The summed E-state index contributed by atoms with van der Waals surface area (Å²) in [5, 5.41) is 8.72. The molecule has 0 atom stereocenters. The molecule has 1 aromatic heterocycles. The molecule has 2 N–H and O–H groups in total. The van der Waals surface area contributed by atoms with Gasteiger partial charge in [0.15, 0.2) is 0 Å². The van der Waals surface area contributed by atoms with Gasteiger partial charge in [0, 0.05) is 5.69 Å². The van der Waals surface area contributed by atoms with Crippen molar-refractivity contribution in [2.45, 2.75) is 6.92 Å². The maximum absolute atomic E-state index is 10.3. The summed E-state index contributed by atoms with van der Waals surface area (Å²) >= 11 is 5.53. The van der Waals surface area contributed by atoms with Crippen molar-refractivity contribution in [2.24, 2.45) is 0 Å². The van der Waals surface area contributed by atoms with E-state index in [1.54, 1.807) is 13.0 Å². The van der Waals surface area contributed by atoms with E-state index in [0.717, 1.165) is 5.69 Å². The Hall–Kier alpha value is -0.960. The van der Waals surface area contributed by atoms with Gasteiger partial charge in [-0.3, -0.25) is 0 Å². The molecule has 0 aromatic carbocycles. The van der Waals surface area contributed by atoms with Crippen LogP contribution in [0.3, 0.4) is 0 Å². The van der Waals surface area contributed by atoms with E-state index in [1.165, 1.54) is 0 Å². The van der Waals surface area contributed by atoms with Crippen LogP contribution in [0.5, 0.6) is 0 Å². The van der Waals surface area contributed by atoms with E-state index >= 15 is 0 Å². The van der Waals surface area contributed by atoms with Crippen LogP contribution < -0.4 is 0 Å². The largest absolute Gasteiger partial charge is 0.477 e. The van der Waals surface area contributed by atoms with Crippen LogP contribution in [0, 0.1) is 6.92 Å². The minimum atomic E-state index is -1.03. The van der Waals surface area contributed by atoms with Crippen molar-refractivity contribution in [1.29, 1.82) is 0 Å². The van der Waals surface area contributed by atoms with Crippen molar-refractivity contribution >= 4 is 17.6 Å². The molecule has 0 bridgehead atoms. The van der Waals surface area contributed by atoms with Gasteiger partial charge in [-0.1, -0.05) is 11.6 Å². The Kier molecular flexibility index (Phi) is 1.68. The van der Waals surface area contributed by atoms with Gasteiger partial charge in [0.05, 0.1) is 5.02 Å². The van der Waals surface area contributed by atoms with Gasteiger partial charge >= 0.3 is 5.97 Å². The lowest BCUT2D eigenvalue weighted by Crippen LogP contribution is -1.96. The van der Waals surface area contributed by atoms with Gasteiger partial charge in [-0.2, -0.15) is 0 Å². The molecular formula is C6H6ClNO2. The first-order valence-electron chi connectivity index (χ1n) is 2.69. The maximum atomic E-state index is 10.3. The summed E-state index contributed by atoms with van der Waals surface area (Å²) < 4.78 is 0. The molecule has 0 radical (unpaired) electrons. The van der Waals surface area contributed by atoms with Gasteiger partial charge in [-0.25, -0.2) is 4.79 Å². The lowest BCUT2D eigenvalue weighted by molar-refractivity contribution is 0.0691. The maximum Gasteiger partial charge on any atom is 0.353 e. The van der Waals surface area contributed by atoms with Crippen LogP contribution in [0.1, 0.15) is 16.2 Å². The average Bonchev–Trinajstić information content (AvgIpc) is 2.10. The van der Waals surface area contributed by atoms with E-state index < -0.39 is 5.97 Å². The van der Waals surface area contributed by atoms with Crippen molar-refractivity contribution < 1.29 is 9.90 Å². The summed E-state index contributed by atoms with van der Waals surface area (Å²) in [6, 6.07) is 1.57. The summed E-state index contributed by atoms with van der Waals surface area (Å²) in [6.45, 7) is 1.75. The molecule has 0 spiro atoms. The fourth-order valence-electron chi connectivity index (χ4n) is 0.711. The second kappa shape index (κ2) is 2.34. The molecule has 0 unspecified atom stereocenters. The summed E-state index contributed by atoms with van der Waals surface area (Å²) in [7, 11) is 0. The van der Waals surface area contributed by atoms with Crippen molar-refractivity contribution in [3.05, 3.63) is 22.5 Å². The zero-order chi connectivity index (χ0) is 7.72. The minimum absolute atomic E-state index is 0.0548. The molecule has 0 aliphatic rings. The molecule has 0 aliphatic carbocycles. The molecule has 54 valence electrons. The quantitative estimate of drug-likeness (QED) is 0.655. The number of carboxylic acid groups (broad SMARTS) is 1. The van der Waals surface area contributed by atoms with Crippen molar-refractivity contribution in [1.82, 2.24) is 4.98 Å². The highest BCUT2D eigenvalue weighted by atomic mass is 35.5. The molecule has 0 aliphatic heterocycles. The summed E-state index contributed by atoms with van der Waals surface area (Å²) in [6.07, 6.45) is 0. The Morgan fingerprint density at radius 1 is 1.80 bits per heavy atom. The van der Waals surface area contributed by atoms with Crippen LogP contribution in [0.25, 0.3) is 0 Å². The molecule has 1 heterocycles. The number of halogens is 1. The lowest BCUT2D eigenvalue weighted by Gasteiger charge is -1.86. The van der Waals surface area contributed by atoms with E-state index in [-0.39, 0.29) is 10.7 Å². The van der Waals surface area contributed by atoms with Crippen LogP contribution in [-0.2, 0) is 0 Å². The van der Waals surface area contributed by atoms with Crippen molar-refractivity contribution in [3.63, 3.8) is 0 Å². The summed E-state index contributed by atoms with van der Waals surface area (Å²) in [4.78, 5) is 12.9. The second-order valence-electron chi connectivity index (χ2n) is 1.98. The van der Waals surface area contributed by atoms with E-state index in [1.807, 2.05) is 0 Å². The topological polar surface area (TPSA) is 53.1 Å². The first-order chi connectivity index (χ1) is 4.61. The number of H-pyrrole nitrogens is 1. The number of hydrogen-bond donors (Lipinski definition) is 2. The molecule has 0 saturated heterocycles. The molecule has 3 nitrogen and oxygen atoms in total. The average molecular weight is 160 g/mol. The van der Waals surface area contributed by atoms with Gasteiger partial charge in [0.25, 0.3) is 0 Å². The molecule has 4 heteroatoms. The first-order valence-corrected chi connectivity index (χ1v) is 3.07. The van der Waals surface area contributed by atoms with E-state index in [2.05, 4.69) is 4.98 Å². The molecular weight excluding hydrogens is 154 g/mol. The fraction of sp³-hybridized carbons (Fsp3) is 0.167. The van der Waals surface area contributed by atoms with Crippen LogP contribution in [0.4, 0.5) is 0 Å². The third-order valence-electron chi connectivity index (χ3n) is 1.12. The van der Waals surface area contributed by atoms with Crippen molar-refractivity contribution in [2.75, 3.05) is 0 Å². The summed E-state index contributed by atoms with van der Waals surface area (Å²) in [5.74, 6) is -1.03. The van der Waals surface area contributed by atoms with Crippen LogP contribution in [0.15, 0.2) is 6.07 Å². The van der Waals surface area contributed by atoms with Crippen LogP contribution >= 0.6 is 11.6 Å². The first kappa shape index (κ1) is 7.15. The van der Waals surface area contributed by atoms with Crippen molar-refractivity contribution in [3.8, 4) is 0 Å². The minimum Gasteiger partial charge on any atom is -0.477 e. The molecule has 10 heavy (non-hydrogen) atoms. The smallest absolute Gasteiger partial charge is 0.353 e. The fourth-order valence-corrected chi connectivity index (χ4v) is 1.00. The number of aryl methyl sites for hydroxylation is 1. The number of carboxylic acids is 1. The number of aromatic amines is 1. The van der Waals surface area contributed by atoms with Gasteiger partial charge < -0.3 is 10.1 Å². The van der Waals surface area contributed by atoms with Gasteiger partial charge in [0.2, 0.25) is 0 Å². The lowest BCUT2D eigenvalue weighted by atomic mass is 10.4. The molecule has 0 saturated carbocycles. The highest BCUT2D eigenvalue weighted by Gasteiger charge is 2.09. The van der Waals surface area contributed by atoms with Gasteiger partial charge in [-0.05, 0) is 13.0 Å². The molecule has 0 fully saturated rings. The molecule has 1 aromatic rings. The Morgan fingerprint density at radius 2 is 2.40 bits per heavy atom. The zero-order valence-corrected chi connectivity index (χ0v) is 6.07. The molecule has 0 amide bonds. The van der Waals surface area contributed by atoms with Crippen LogP contribution in [0.2, 0.25) is 5.02 Å². The highest BCUT2D eigenvalue weighted by Crippen LogP contribution is 2.15. The van der Waals surface area contributed by atoms with E-state index in [4.69, 9.17) is 16.7 Å². The third kappa shape index (κ3) is 1.14. The Bertz CT molecular complexity index is 267. The van der Waals surface area contributed by atoms with Gasteiger partial charge in [0.1, 0.15) is 5.69 Å². The summed E-state index contributed by atoms with van der Waals surface area (Å²) in [5.41, 5.74) is 0.807. The predicted molar refractivity (Wildman–Crippen MR) is 37.5 cm³/mol. The SMILES string of the molecule is Cc1cc(Cl)c(C(=O)O)[nH]1. The standard InChI is InChI=1S/C6H6ClNO2/c1-3-2-4(7)5(8-3)6(9)10/h2,8H,1H3,(H,9,10). The van der Waals surface area contributed by atoms with Gasteiger partial charge in [-0.15, -0.1) is 0 Å². The number of hydrogen-bond acceptors (Lipinski definition) is 1. The predicted octanol–water partition coefficient (Wildman–Crippen LogP) is 1.67. The molecule has 1 rings (SSSR count). The number of aromatic carboxylic acids is 1. The van der Waals surface area contributed by atoms with Crippen LogP contribution in [-0.4, -0.2) is 16.1 Å². The Morgan fingerprint density at radius 3 is 2.60 bits per heavy atom.